The van der Waals surface area contributed by atoms with Gasteiger partial charge in [0.1, 0.15) is 0 Å². The lowest BCUT2D eigenvalue weighted by molar-refractivity contribution is 0.227. The van der Waals surface area contributed by atoms with Gasteiger partial charge in [-0.15, -0.1) is 11.3 Å². The van der Waals surface area contributed by atoms with Crippen molar-refractivity contribution in [2.24, 2.45) is 0 Å². The van der Waals surface area contributed by atoms with Crippen molar-refractivity contribution in [2.45, 2.75) is 31.8 Å². The van der Waals surface area contributed by atoms with Gasteiger partial charge < -0.3 is 10.2 Å². The van der Waals surface area contributed by atoms with Crippen LogP contribution in [0.2, 0.25) is 0 Å². The Labute approximate surface area is 110 Å². The SMILES string of the molecule is CC(NC1CCN(C)CC1)c1ccc(Br)s1. The lowest BCUT2D eigenvalue weighted by atomic mass is 10.0. The van der Waals surface area contributed by atoms with Crippen LogP contribution in [0.15, 0.2) is 15.9 Å². The molecule has 90 valence electrons. The molecule has 0 aromatic carbocycles. The smallest absolute Gasteiger partial charge is 0.0701 e. The Balaban J connectivity index is 1.85. The second-order valence-electron chi connectivity index (χ2n) is 4.61. The number of nitrogens with one attached hydrogen (secondary N) is 1. The molecule has 0 spiro atoms. The fourth-order valence-corrected chi connectivity index (χ4v) is 3.61. The highest BCUT2D eigenvalue weighted by molar-refractivity contribution is 9.11. The Morgan fingerprint density at radius 3 is 2.69 bits per heavy atom. The maximum absolute atomic E-state index is 3.73. The highest BCUT2D eigenvalue weighted by Gasteiger charge is 2.19. The third-order valence-electron chi connectivity index (χ3n) is 3.23. The van der Waals surface area contributed by atoms with Gasteiger partial charge in [0.2, 0.25) is 0 Å². The van der Waals surface area contributed by atoms with E-state index in [1.165, 1.54) is 34.6 Å². The van der Waals surface area contributed by atoms with E-state index in [0.717, 1.165) is 0 Å². The minimum absolute atomic E-state index is 0.477. The molecule has 4 heteroatoms. The van der Waals surface area contributed by atoms with E-state index in [0.29, 0.717) is 12.1 Å². The van der Waals surface area contributed by atoms with Crippen molar-refractivity contribution in [3.63, 3.8) is 0 Å². The minimum atomic E-state index is 0.477. The van der Waals surface area contributed by atoms with Crippen LogP contribution in [0.25, 0.3) is 0 Å². The molecule has 0 aliphatic carbocycles. The first-order valence-corrected chi connectivity index (χ1v) is 7.46. The van der Waals surface area contributed by atoms with Gasteiger partial charge in [-0.2, -0.15) is 0 Å². The zero-order chi connectivity index (χ0) is 11.5. The largest absolute Gasteiger partial charge is 0.307 e. The van der Waals surface area contributed by atoms with E-state index in [4.69, 9.17) is 0 Å². The van der Waals surface area contributed by atoms with Crippen LogP contribution in [0.4, 0.5) is 0 Å². The number of halogens is 1. The first-order valence-electron chi connectivity index (χ1n) is 5.85. The molecule has 1 saturated heterocycles. The molecule has 2 rings (SSSR count). The van der Waals surface area contributed by atoms with E-state index in [2.05, 4.69) is 52.3 Å². The predicted octanol–water partition coefficient (Wildman–Crippen LogP) is 3.26. The Morgan fingerprint density at radius 2 is 2.12 bits per heavy atom. The van der Waals surface area contributed by atoms with Crippen molar-refractivity contribution < 1.29 is 0 Å². The van der Waals surface area contributed by atoms with Crippen molar-refractivity contribution in [2.75, 3.05) is 20.1 Å². The van der Waals surface area contributed by atoms with Gasteiger partial charge in [-0.1, -0.05) is 0 Å². The molecule has 1 fully saturated rings. The van der Waals surface area contributed by atoms with Gasteiger partial charge >= 0.3 is 0 Å². The van der Waals surface area contributed by atoms with Crippen LogP contribution in [0, 0.1) is 0 Å². The molecule has 0 amide bonds. The number of rotatable bonds is 3. The van der Waals surface area contributed by atoms with Crippen molar-refractivity contribution in [1.29, 1.82) is 0 Å². The molecule has 1 unspecified atom stereocenters. The van der Waals surface area contributed by atoms with E-state index in [-0.39, 0.29) is 0 Å². The Kier molecular flexibility index (Phi) is 4.41. The number of piperidine rings is 1. The van der Waals surface area contributed by atoms with Gasteiger partial charge in [0.25, 0.3) is 0 Å². The first-order chi connectivity index (χ1) is 7.65. The third-order valence-corrected chi connectivity index (χ3v) is 5.03. The summed E-state index contributed by atoms with van der Waals surface area (Å²) in [7, 11) is 2.20. The molecule has 1 aliphatic heterocycles. The Morgan fingerprint density at radius 1 is 1.44 bits per heavy atom. The molecular formula is C12H19BrN2S. The molecule has 1 aromatic heterocycles. The standard InChI is InChI=1S/C12H19BrN2S/c1-9(11-3-4-12(13)16-11)14-10-5-7-15(2)8-6-10/h3-4,9-10,14H,5-8H2,1-2H3. The van der Waals surface area contributed by atoms with E-state index in [1.54, 1.807) is 0 Å². The summed E-state index contributed by atoms with van der Waals surface area (Å²) >= 11 is 5.35. The average Bonchev–Trinajstić information content (AvgIpc) is 2.68. The molecule has 1 N–H and O–H groups in total. The van der Waals surface area contributed by atoms with Crippen LogP contribution in [0.3, 0.4) is 0 Å². The monoisotopic (exact) mass is 302 g/mol. The molecule has 0 radical (unpaired) electrons. The summed E-state index contributed by atoms with van der Waals surface area (Å²) in [6, 6.07) is 5.51. The fourth-order valence-electron chi connectivity index (χ4n) is 2.17. The Hall–Kier alpha value is 0.1000. The summed E-state index contributed by atoms with van der Waals surface area (Å²) in [6.07, 6.45) is 2.54. The van der Waals surface area contributed by atoms with Crippen LogP contribution < -0.4 is 5.32 Å². The number of likely N-dealkylation sites (tertiary alicyclic amines) is 1. The molecule has 16 heavy (non-hydrogen) atoms. The maximum atomic E-state index is 3.73. The third kappa shape index (κ3) is 3.29. The second kappa shape index (κ2) is 5.63. The molecular weight excluding hydrogens is 284 g/mol. The fraction of sp³-hybridized carbons (Fsp3) is 0.667. The topological polar surface area (TPSA) is 15.3 Å². The van der Waals surface area contributed by atoms with Crippen LogP contribution >= 0.6 is 27.3 Å². The Bertz CT molecular complexity index is 332. The predicted molar refractivity (Wildman–Crippen MR) is 74.1 cm³/mol. The quantitative estimate of drug-likeness (QED) is 0.922. The van der Waals surface area contributed by atoms with Gasteiger partial charge in [0.05, 0.1) is 3.79 Å². The lowest BCUT2D eigenvalue weighted by Gasteiger charge is -2.31. The van der Waals surface area contributed by atoms with Gasteiger partial charge in [-0.05, 0) is 68.0 Å². The summed E-state index contributed by atoms with van der Waals surface area (Å²) in [6.45, 7) is 4.70. The van der Waals surface area contributed by atoms with Gasteiger partial charge in [0.15, 0.2) is 0 Å². The van der Waals surface area contributed by atoms with Crippen molar-refractivity contribution in [3.05, 3.63) is 20.8 Å². The van der Waals surface area contributed by atoms with Crippen molar-refractivity contribution in [1.82, 2.24) is 10.2 Å². The van der Waals surface area contributed by atoms with Crippen LogP contribution in [0.1, 0.15) is 30.7 Å². The van der Waals surface area contributed by atoms with Crippen LogP contribution in [-0.4, -0.2) is 31.1 Å². The zero-order valence-electron chi connectivity index (χ0n) is 9.87. The number of hydrogen-bond acceptors (Lipinski definition) is 3. The highest BCUT2D eigenvalue weighted by atomic mass is 79.9. The highest BCUT2D eigenvalue weighted by Crippen LogP contribution is 2.27. The first kappa shape index (κ1) is 12.6. The van der Waals surface area contributed by atoms with Gasteiger partial charge in [0, 0.05) is 17.0 Å². The van der Waals surface area contributed by atoms with Gasteiger partial charge in [-0.3, -0.25) is 0 Å². The molecule has 2 heterocycles. The molecule has 2 nitrogen and oxygen atoms in total. The number of nitrogens with zero attached hydrogens (tertiary/aromatic N) is 1. The number of hydrogen-bond donors (Lipinski definition) is 1. The zero-order valence-corrected chi connectivity index (χ0v) is 12.3. The normalized spacial score (nSPS) is 21.2. The summed E-state index contributed by atoms with van der Waals surface area (Å²) in [5, 5.41) is 3.73. The average molecular weight is 303 g/mol. The minimum Gasteiger partial charge on any atom is -0.307 e. The van der Waals surface area contributed by atoms with Crippen molar-refractivity contribution >= 4 is 27.3 Å². The maximum Gasteiger partial charge on any atom is 0.0701 e. The molecule has 1 aromatic rings. The van der Waals surface area contributed by atoms with Crippen molar-refractivity contribution in [3.8, 4) is 0 Å². The summed E-state index contributed by atoms with van der Waals surface area (Å²) in [4.78, 5) is 3.83. The van der Waals surface area contributed by atoms with Gasteiger partial charge in [-0.25, -0.2) is 0 Å². The van der Waals surface area contributed by atoms with E-state index in [1.807, 2.05) is 11.3 Å². The molecule has 1 aliphatic rings. The lowest BCUT2D eigenvalue weighted by Crippen LogP contribution is -2.41. The molecule has 1 atom stereocenters. The van der Waals surface area contributed by atoms with E-state index >= 15 is 0 Å². The summed E-state index contributed by atoms with van der Waals surface area (Å²) in [5.41, 5.74) is 0. The number of thiophene rings is 1. The molecule has 0 bridgehead atoms. The van der Waals surface area contributed by atoms with E-state index < -0.39 is 0 Å². The summed E-state index contributed by atoms with van der Waals surface area (Å²) in [5.74, 6) is 0. The van der Waals surface area contributed by atoms with Crippen LogP contribution in [-0.2, 0) is 0 Å². The second-order valence-corrected chi connectivity index (χ2v) is 7.10. The molecule has 0 saturated carbocycles. The summed E-state index contributed by atoms with van der Waals surface area (Å²) < 4.78 is 1.22. The van der Waals surface area contributed by atoms with E-state index in [9.17, 15) is 0 Å². The van der Waals surface area contributed by atoms with Crippen LogP contribution in [0.5, 0.6) is 0 Å².